The van der Waals surface area contributed by atoms with Crippen LogP contribution in [0.15, 0.2) is 54.6 Å². The quantitative estimate of drug-likeness (QED) is 0.743. The van der Waals surface area contributed by atoms with Gasteiger partial charge in [-0.05, 0) is 61.7 Å². The van der Waals surface area contributed by atoms with Gasteiger partial charge in [-0.1, -0.05) is 30.3 Å². The summed E-state index contributed by atoms with van der Waals surface area (Å²) in [6, 6.07) is 17.1. The lowest BCUT2D eigenvalue weighted by Gasteiger charge is -2.11. The Kier molecular flexibility index (Phi) is 4.75. The van der Waals surface area contributed by atoms with Gasteiger partial charge >= 0.3 is 0 Å². The van der Waals surface area contributed by atoms with Gasteiger partial charge < -0.3 is 10.6 Å². The highest BCUT2D eigenvalue weighted by atomic mass is 16.1. The molecule has 0 unspecified atom stereocenters. The summed E-state index contributed by atoms with van der Waals surface area (Å²) < 4.78 is 0. The number of amides is 1. The van der Waals surface area contributed by atoms with E-state index in [0.29, 0.717) is 5.82 Å². The highest BCUT2D eigenvalue weighted by molar-refractivity contribution is 6.02. The number of aryl methyl sites for hydroxylation is 3. The molecule has 0 bridgehead atoms. The summed E-state index contributed by atoms with van der Waals surface area (Å²) in [7, 11) is 0. The lowest BCUT2D eigenvalue weighted by atomic mass is 10.1. The van der Waals surface area contributed by atoms with Gasteiger partial charge in [-0.25, -0.2) is 0 Å². The molecule has 0 saturated heterocycles. The van der Waals surface area contributed by atoms with Crippen molar-refractivity contribution in [3.63, 3.8) is 0 Å². The Morgan fingerprint density at radius 3 is 2.24 bits per heavy atom. The number of carbonyl (C=O) groups excluding carboxylic acids is 1. The van der Waals surface area contributed by atoms with Crippen molar-refractivity contribution < 1.29 is 4.79 Å². The van der Waals surface area contributed by atoms with Crippen molar-refractivity contribution in [2.75, 3.05) is 10.6 Å². The highest BCUT2D eigenvalue weighted by Crippen LogP contribution is 2.23. The van der Waals surface area contributed by atoms with Gasteiger partial charge in [0.2, 0.25) is 0 Å². The molecule has 0 atom stereocenters. The summed E-state index contributed by atoms with van der Waals surface area (Å²) in [6.07, 6.45) is 0. The summed E-state index contributed by atoms with van der Waals surface area (Å²) in [5, 5.41) is 14.2. The van der Waals surface area contributed by atoms with Crippen LogP contribution in [-0.2, 0) is 0 Å². The number of para-hydroxylation sites is 1. The van der Waals surface area contributed by atoms with Crippen LogP contribution in [-0.4, -0.2) is 16.1 Å². The number of carbonyl (C=O) groups is 1. The number of benzene rings is 2. The van der Waals surface area contributed by atoms with Crippen molar-refractivity contribution in [1.82, 2.24) is 10.2 Å². The second kappa shape index (κ2) is 7.13. The number of anilines is 3. The second-order valence-electron chi connectivity index (χ2n) is 6.02. The average Bonchev–Trinajstić information content (AvgIpc) is 2.59. The van der Waals surface area contributed by atoms with E-state index in [1.807, 2.05) is 63.2 Å². The molecule has 0 aliphatic rings. The van der Waals surface area contributed by atoms with Crippen molar-refractivity contribution in [1.29, 1.82) is 0 Å². The van der Waals surface area contributed by atoms with Gasteiger partial charge in [0.25, 0.3) is 5.91 Å². The number of hydrogen-bond acceptors (Lipinski definition) is 4. The molecule has 0 aliphatic heterocycles. The molecule has 5 nitrogen and oxygen atoms in total. The van der Waals surface area contributed by atoms with Crippen molar-refractivity contribution in [2.24, 2.45) is 0 Å². The summed E-state index contributed by atoms with van der Waals surface area (Å²) in [4.78, 5) is 12.3. The van der Waals surface area contributed by atoms with E-state index < -0.39 is 0 Å². The SMILES string of the molecule is Cc1cccc(NC(=O)c2ccc(Nc3c(C)cccc3C)nn2)c1. The Morgan fingerprint density at radius 2 is 1.60 bits per heavy atom. The first-order valence-electron chi connectivity index (χ1n) is 8.08. The second-order valence-corrected chi connectivity index (χ2v) is 6.02. The van der Waals surface area contributed by atoms with Crippen molar-refractivity contribution >= 4 is 23.1 Å². The first-order chi connectivity index (χ1) is 12.0. The molecule has 2 N–H and O–H groups in total. The maximum absolute atomic E-state index is 12.3. The maximum Gasteiger partial charge on any atom is 0.276 e. The van der Waals surface area contributed by atoms with Crippen LogP contribution in [0.4, 0.5) is 17.2 Å². The molecule has 3 rings (SSSR count). The molecule has 0 saturated carbocycles. The molecule has 5 heteroatoms. The average molecular weight is 332 g/mol. The molecular formula is C20H20N4O. The largest absolute Gasteiger partial charge is 0.338 e. The third kappa shape index (κ3) is 4.01. The fourth-order valence-electron chi connectivity index (χ4n) is 2.58. The fourth-order valence-corrected chi connectivity index (χ4v) is 2.58. The van der Waals surface area contributed by atoms with Crippen LogP contribution < -0.4 is 10.6 Å². The van der Waals surface area contributed by atoms with Crippen molar-refractivity contribution in [3.8, 4) is 0 Å². The van der Waals surface area contributed by atoms with Gasteiger partial charge in [0, 0.05) is 11.4 Å². The lowest BCUT2D eigenvalue weighted by Crippen LogP contribution is -2.14. The Labute approximate surface area is 147 Å². The molecule has 2 aromatic carbocycles. The minimum absolute atomic E-state index is 0.272. The van der Waals surface area contributed by atoms with Crippen molar-refractivity contribution in [2.45, 2.75) is 20.8 Å². The van der Waals surface area contributed by atoms with E-state index in [1.54, 1.807) is 12.1 Å². The standard InChI is InChI=1S/C20H20N4O/c1-13-6-4-9-16(12-13)21-20(25)17-10-11-18(24-23-17)22-19-14(2)7-5-8-15(19)3/h4-12H,1-3H3,(H,21,25)(H,22,24). The Morgan fingerprint density at radius 1 is 0.880 bits per heavy atom. The third-order valence-electron chi connectivity index (χ3n) is 3.91. The van der Waals surface area contributed by atoms with Crippen LogP contribution in [0.25, 0.3) is 0 Å². The molecule has 3 aromatic rings. The Hall–Kier alpha value is -3.21. The Balaban J connectivity index is 1.72. The first-order valence-corrected chi connectivity index (χ1v) is 8.08. The minimum Gasteiger partial charge on any atom is -0.338 e. The van der Waals surface area contributed by atoms with E-state index in [4.69, 9.17) is 0 Å². The predicted octanol–water partition coefficient (Wildman–Crippen LogP) is 4.40. The summed E-state index contributed by atoms with van der Waals surface area (Å²) >= 11 is 0. The molecule has 0 fully saturated rings. The normalized spacial score (nSPS) is 10.4. The van der Waals surface area contributed by atoms with Gasteiger partial charge in [0.15, 0.2) is 11.5 Å². The molecule has 0 aliphatic carbocycles. The number of nitrogens with one attached hydrogen (secondary N) is 2. The van der Waals surface area contributed by atoms with Crippen LogP contribution in [0.2, 0.25) is 0 Å². The van der Waals surface area contributed by atoms with Gasteiger partial charge in [-0.3, -0.25) is 4.79 Å². The molecule has 126 valence electrons. The maximum atomic E-state index is 12.3. The third-order valence-corrected chi connectivity index (χ3v) is 3.91. The topological polar surface area (TPSA) is 66.9 Å². The monoisotopic (exact) mass is 332 g/mol. The van der Waals surface area contributed by atoms with Crippen LogP contribution in [0.5, 0.6) is 0 Å². The fraction of sp³-hybridized carbons (Fsp3) is 0.150. The van der Waals surface area contributed by atoms with Crippen molar-refractivity contribution in [3.05, 3.63) is 77.0 Å². The number of hydrogen-bond donors (Lipinski definition) is 2. The van der Waals surface area contributed by atoms with E-state index in [9.17, 15) is 4.79 Å². The van der Waals surface area contributed by atoms with E-state index >= 15 is 0 Å². The van der Waals surface area contributed by atoms with E-state index in [0.717, 1.165) is 28.1 Å². The molecule has 1 amide bonds. The van der Waals surface area contributed by atoms with Gasteiger partial charge in [0.05, 0.1) is 0 Å². The molecular weight excluding hydrogens is 312 g/mol. The van der Waals surface area contributed by atoms with Crippen LogP contribution >= 0.6 is 0 Å². The minimum atomic E-state index is -0.281. The molecule has 0 radical (unpaired) electrons. The Bertz CT molecular complexity index is 884. The van der Waals surface area contributed by atoms with Gasteiger partial charge in [-0.2, -0.15) is 0 Å². The number of nitrogens with zero attached hydrogens (tertiary/aromatic N) is 2. The zero-order chi connectivity index (χ0) is 17.8. The molecule has 1 heterocycles. The van der Waals surface area contributed by atoms with Crippen LogP contribution in [0, 0.1) is 20.8 Å². The molecule has 1 aromatic heterocycles. The van der Waals surface area contributed by atoms with E-state index in [2.05, 4.69) is 20.8 Å². The van der Waals surface area contributed by atoms with E-state index in [-0.39, 0.29) is 11.6 Å². The lowest BCUT2D eigenvalue weighted by molar-refractivity contribution is 0.102. The first kappa shape index (κ1) is 16.6. The van der Waals surface area contributed by atoms with Gasteiger partial charge in [0.1, 0.15) is 0 Å². The smallest absolute Gasteiger partial charge is 0.276 e. The van der Waals surface area contributed by atoms with E-state index in [1.165, 1.54) is 0 Å². The summed E-state index contributed by atoms with van der Waals surface area (Å²) in [6.45, 7) is 6.04. The number of rotatable bonds is 4. The summed E-state index contributed by atoms with van der Waals surface area (Å²) in [5.74, 6) is 0.321. The predicted molar refractivity (Wildman–Crippen MR) is 100 cm³/mol. The zero-order valence-electron chi connectivity index (χ0n) is 14.5. The zero-order valence-corrected chi connectivity index (χ0v) is 14.5. The van der Waals surface area contributed by atoms with Crippen LogP contribution in [0.3, 0.4) is 0 Å². The summed E-state index contributed by atoms with van der Waals surface area (Å²) in [5.41, 5.74) is 5.36. The highest BCUT2D eigenvalue weighted by Gasteiger charge is 2.10. The van der Waals surface area contributed by atoms with Gasteiger partial charge in [-0.15, -0.1) is 10.2 Å². The molecule has 0 spiro atoms. The molecule has 25 heavy (non-hydrogen) atoms. The van der Waals surface area contributed by atoms with Crippen LogP contribution in [0.1, 0.15) is 27.2 Å². The number of aromatic nitrogens is 2.